The number of hydrogen-bond donors (Lipinski definition) is 2. The second-order valence-corrected chi connectivity index (χ2v) is 19.9. The van der Waals surface area contributed by atoms with Crippen LogP contribution in [0.15, 0.2) is 18.5 Å². The molecule has 3 saturated heterocycles. The summed E-state index contributed by atoms with van der Waals surface area (Å²) >= 11 is 0. The highest BCUT2D eigenvalue weighted by molar-refractivity contribution is 5.33. The van der Waals surface area contributed by atoms with Gasteiger partial charge in [0.2, 0.25) is 0 Å². The monoisotopic (exact) mass is 709 g/mol. The van der Waals surface area contributed by atoms with Crippen LogP contribution in [-0.4, -0.2) is 106 Å². The van der Waals surface area contributed by atoms with Crippen molar-refractivity contribution >= 4 is 0 Å². The summed E-state index contributed by atoms with van der Waals surface area (Å²) in [4.78, 5) is 11.1. The van der Waals surface area contributed by atoms with Crippen LogP contribution < -0.4 is 4.74 Å². The van der Waals surface area contributed by atoms with Gasteiger partial charge in [-0.1, -0.05) is 34.6 Å². The average molecular weight is 710 g/mol. The Morgan fingerprint density at radius 2 is 1.73 bits per heavy atom. The molecule has 14 atom stereocenters. The Morgan fingerprint density at radius 1 is 1.00 bits per heavy atom. The molecule has 0 bridgehead atoms. The van der Waals surface area contributed by atoms with Gasteiger partial charge in [0.25, 0.3) is 0 Å². The summed E-state index contributed by atoms with van der Waals surface area (Å²) in [7, 11) is 0. The Labute approximate surface area is 304 Å². The number of aliphatic hydroxyl groups excluding tert-OH is 1. The molecule has 0 aromatic carbocycles. The second-order valence-electron chi connectivity index (χ2n) is 19.9. The lowest BCUT2D eigenvalue weighted by atomic mass is 9.41. The van der Waals surface area contributed by atoms with E-state index in [2.05, 4.69) is 49.5 Å². The van der Waals surface area contributed by atoms with Gasteiger partial charge in [0.15, 0.2) is 12.4 Å². The third-order valence-electron chi connectivity index (χ3n) is 17.1. The first-order valence-corrected chi connectivity index (χ1v) is 20.2. The van der Waals surface area contributed by atoms with Crippen molar-refractivity contribution in [3.8, 4) is 6.01 Å². The van der Waals surface area contributed by atoms with E-state index in [1.54, 1.807) is 32.3 Å². The zero-order chi connectivity index (χ0) is 35.8. The standard InChI is InChI=1S/C41H63N3O7/c1-24-19-26(34(37(4,5)46)51-35-42-15-8-16-43-35)49-32-31(24)38(6)13-14-41-23-40(41)12-11-29(50-30-20-44(17-18-48-30)25-21-47-22-25)36(2,3)27(40)9-10-28(41)39(38,7)33(32)45/h8,15-16,24-34,45-46H,9-14,17-23H2,1-7H3/t24-,26?,27+,28?,29?,30+,31?,32?,33+,34?,38?,39-,40?,41?/m1/s1. The zero-order valence-corrected chi connectivity index (χ0v) is 32.1. The lowest BCUT2D eigenvalue weighted by Gasteiger charge is -2.64. The minimum absolute atomic E-state index is 0.0346. The molecule has 8 fully saturated rings. The first-order valence-electron chi connectivity index (χ1n) is 20.2. The molecular weight excluding hydrogens is 646 g/mol. The lowest BCUT2D eigenvalue weighted by Crippen LogP contribution is -2.60. The average Bonchev–Trinajstić information content (AvgIpc) is 3.69. The fourth-order valence-electron chi connectivity index (χ4n) is 14.6. The highest BCUT2D eigenvalue weighted by atomic mass is 16.7. The molecule has 284 valence electrons. The summed E-state index contributed by atoms with van der Waals surface area (Å²) in [5.74, 6) is 1.62. The summed E-state index contributed by atoms with van der Waals surface area (Å²) in [5.41, 5.74) is -0.825. The number of fused-ring (bicyclic) bond motifs is 4. The maximum Gasteiger partial charge on any atom is 0.316 e. The number of morpholine rings is 1. The van der Waals surface area contributed by atoms with Gasteiger partial charge in [-0.05, 0) is 117 Å². The van der Waals surface area contributed by atoms with Crippen LogP contribution in [0.1, 0.15) is 99.8 Å². The number of aromatic nitrogens is 2. The van der Waals surface area contributed by atoms with Gasteiger partial charge < -0.3 is 33.9 Å². The van der Waals surface area contributed by atoms with E-state index in [0.717, 1.165) is 58.6 Å². The fraction of sp³-hybridized carbons (Fsp3) is 0.902. The van der Waals surface area contributed by atoms with E-state index in [1.807, 2.05) is 0 Å². The van der Waals surface area contributed by atoms with Crippen LogP contribution in [0.3, 0.4) is 0 Å². The predicted molar refractivity (Wildman–Crippen MR) is 190 cm³/mol. The van der Waals surface area contributed by atoms with E-state index in [1.165, 1.54) is 25.7 Å². The minimum Gasteiger partial charge on any atom is -0.454 e. The lowest BCUT2D eigenvalue weighted by molar-refractivity contribution is -0.256. The number of aliphatic hydroxyl groups is 2. The molecule has 3 aliphatic heterocycles. The number of ether oxygens (including phenoxy) is 5. The molecule has 2 N–H and O–H groups in total. The molecule has 0 radical (unpaired) electrons. The first-order chi connectivity index (χ1) is 24.2. The molecule has 8 aliphatic rings. The summed E-state index contributed by atoms with van der Waals surface area (Å²) in [5, 5.41) is 24.1. The molecule has 10 nitrogen and oxygen atoms in total. The molecule has 4 heterocycles. The summed E-state index contributed by atoms with van der Waals surface area (Å²) in [6.45, 7) is 20.0. The van der Waals surface area contributed by atoms with Crippen LogP contribution in [0, 0.1) is 50.7 Å². The van der Waals surface area contributed by atoms with Crippen LogP contribution in [0.25, 0.3) is 0 Å². The third kappa shape index (κ3) is 4.91. The van der Waals surface area contributed by atoms with Gasteiger partial charge in [0.05, 0.1) is 62.4 Å². The van der Waals surface area contributed by atoms with Gasteiger partial charge in [0, 0.05) is 24.4 Å². The number of nitrogens with zero attached hydrogens (tertiary/aromatic N) is 3. The van der Waals surface area contributed by atoms with Gasteiger partial charge in [-0.15, -0.1) is 0 Å². The molecule has 9 rings (SSSR count). The van der Waals surface area contributed by atoms with Gasteiger partial charge in [-0.25, -0.2) is 9.97 Å². The van der Waals surface area contributed by atoms with Gasteiger partial charge in [0.1, 0.15) is 0 Å². The van der Waals surface area contributed by atoms with Crippen LogP contribution in [0.4, 0.5) is 0 Å². The van der Waals surface area contributed by atoms with Crippen LogP contribution in [0.5, 0.6) is 6.01 Å². The zero-order valence-electron chi connectivity index (χ0n) is 32.1. The van der Waals surface area contributed by atoms with Crippen molar-refractivity contribution in [2.75, 3.05) is 32.9 Å². The molecule has 1 aromatic heterocycles. The van der Waals surface area contributed by atoms with Gasteiger partial charge >= 0.3 is 6.01 Å². The van der Waals surface area contributed by atoms with Crippen molar-refractivity contribution in [1.82, 2.24) is 14.9 Å². The highest BCUT2D eigenvalue weighted by Gasteiger charge is 2.84. The molecule has 5 saturated carbocycles. The van der Waals surface area contributed by atoms with E-state index >= 15 is 0 Å². The van der Waals surface area contributed by atoms with Crippen molar-refractivity contribution in [2.45, 2.75) is 148 Å². The molecule has 1 aromatic rings. The molecular formula is C41H63N3O7. The SMILES string of the molecule is C[C@@H]1CC(C(Oc2ncccn2)C(C)(C)O)OC2C1C1(C)CCC34CC35CCC(O[C@H]3CN(C6COC6)CCO3)C(C)(C)[C@@H]5CCC4[C@]1(C)[C@H]2O. The summed E-state index contributed by atoms with van der Waals surface area (Å²) in [6.07, 6.45) is 10.5. The van der Waals surface area contributed by atoms with Crippen molar-refractivity contribution in [3.63, 3.8) is 0 Å². The quantitative estimate of drug-likeness (QED) is 0.389. The Bertz CT molecular complexity index is 1470. The summed E-state index contributed by atoms with van der Waals surface area (Å²) < 4.78 is 31.9. The Hall–Kier alpha value is -1.40. The maximum absolute atomic E-state index is 12.7. The van der Waals surface area contributed by atoms with Gasteiger partial charge in [-0.3, -0.25) is 4.90 Å². The van der Waals surface area contributed by atoms with E-state index in [-0.39, 0.29) is 58.2 Å². The van der Waals surface area contributed by atoms with Crippen molar-refractivity contribution in [1.29, 1.82) is 0 Å². The normalized spacial score (nSPS) is 49.7. The van der Waals surface area contributed by atoms with E-state index in [0.29, 0.717) is 29.2 Å². The minimum atomic E-state index is -1.19. The van der Waals surface area contributed by atoms with Gasteiger partial charge in [-0.2, -0.15) is 0 Å². The Kier molecular flexibility index (Phi) is 8.17. The third-order valence-corrected chi connectivity index (χ3v) is 17.1. The predicted octanol–water partition coefficient (Wildman–Crippen LogP) is 5.25. The van der Waals surface area contributed by atoms with Crippen molar-refractivity contribution in [2.24, 2.45) is 50.7 Å². The van der Waals surface area contributed by atoms with Crippen LogP contribution in [-0.2, 0) is 18.9 Å². The molecule has 10 heteroatoms. The number of hydrogen-bond acceptors (Lipinski definition) is 10. The number of rotatable bonds is 7. The maximum atomic E-state index is 12.7. The second kappa shape index (κ2) is 11.8. The summed E-state index contributed by atoms with van der Waals surface area (Å²) in [6, 6.07) is 2.50. The van der Waals surface area contributed by atoms with E-state index in [9.17, 15) is 10.2 Å². The van der Waals surface area contributed by atoms with Crippen molar-refractivity contribution in [3.05, 3.63) is 18.5 Å². The molecule has 9 unspecified atom stereocenters. The Morgan fingerprint density at radius 3 is 2.43 bits per heavy atom. The highest BCUT2D eigenvalue weighted by Crippen LogP contribution is 2.89. The van der Waals surface area contributed by atoms with Crippen LogP contribution >= 0.6 is 0 Å². The first kappa shape index (κ1) is 35.3. The fourth-order valence-corrected chi connectivity index (χ4v) is 14.6. The van der Waals surface area contributed by atoms with E-state index in [4.69, 9.17) is 23.7 Å². The molecule has 0 amide bonds. The molecule has 2 spiro atoms. The van der Waals surface area contributed by atoms with E-state index < -0.39 is 17.8 Å². The molecule has 5 aliphatic carbocycles. The topological polar surface area (TPSA) is 116 Å². The smallest absolute Gasteiger partial charge is 0.316 e. The largest absolute Gasteiger partial charge is 0.454 e. The Balaban J connectivity index is 0.951. The van der Waals surface area contributed by atoms with Crippen LogP contribution in [0.2, 0.25) is 0 Å². The molecule has 51 heavy (non-hydrogen) atoms. The van der Waals surface area contributed by atoms with Crippen molar-refractivity contribution < 1.29 is 33.9 Å².